The van der Waals surface area contributed by atoms with Crippen molar-refractivity contribution >= 4 is 17.4 Å². The lowest BCUT2D eigenvalue weighted by Crippen LogP contribution is -2.21. The van der Waals surface area contributed by atoms with Crippen molar-refractivity contribution in [2.75, 3.05) is 6.54 Å². The third-order valence-electron chi connectivity index (χ3n) is 3.28. The van der Waals surface area contributed by atoms with Crippen LogP contribution in [0.3, 0.4) is 0 Å². The van der Waals surface area contributed by atoms with Crippen molar-refractivity contribution in [3.05, 3.63) is 16.4 Å². The second kappa shape index (κ2) is 5.85. The molecule has 0 bridgehead atoms. The molecule has 1 aliphatic carbocycles. The summed E-state index contributed by atoms with van der Waals surface area (Å²) in [4.78, 5) is 11.9. The van der Waals surface area contributed by atoms with E-state index in [0.717, 1.165) is 24.4 Å². The number of hydrogen-bond donors (Lipinski definition) is 1. The Balaban J connectivity index is 1.87. The zero-order valence-electron chi connectivity index (χ0n) is 11.0. The molecule has 0 radical (unpaired) electrons. The molecule has 0 aliphatic heterocycles. The molecular formula is C13H20ClN3O. The summed E-state index contributed by atoms with van der Waals surface area (Å²) in [5.74, 6) is 0.218. The van der Waals surface area contributed by atoms with Crippen molar-refractivity contribution in [3.8, 4) is 0 Å². The minimum Gasteiger partial charge on any atom is -0.314 e. The highest BCUT2D eigenvalue weighted by Crippen LogP contribution is 2.22. The first kappa shape index (κ1) is 13.6. The van der Waals surface area contributed by atoms with E-state index in [2.05, 4.69) is 10.4 Å². The second-order valence-corrected chi connectivity index (χ2v) is 5.26. The van der Waals surface area contributed by atoms with Crippen LogP contribution in [-0.4, -0.2) is 28.2 Å². The smallest absolute Gasteiger partial charge is 0.140 e. The lowest BCUT2D eigenvalue weighted by Gasteiger charge is -2.04. The minimum atomic E-state index is 0.218. The molecule has 0 saturated heterocycles. The maximum absolute atomic E-state index is 11.9. The molecule has 1 aliphatic rings. The number of aryl methyl sites for hydroxylation is 2. The molecule has 5 heteroatoms. The van der Waals surface area contributed by atoms with Gasteiger partial charge in [-0.25, -0.2) is 0 Å². The van der Waals surface area contributed by atoms with Crippen molar-refractivity contribution in [1.82, 2.24) is 15.1 Å². The van der Waals surface area contributed by atoms with Gasteiger partial charge in [-0.1, -0.05) is 18.5 Å². The number of hydrogen-bond acceptors (Lipinski definition) is 3. The third kappa shape index (κ3) is 3.33. The molecule has 1 N–H and O–H groups in total. The van der Waals surface area contributed by atoms with E-state index < -0.39 is 0 Å². The van der Waals surface area contributed by atoms with Gasteiger partial charge < -0.3 is 5.32 Å². The van der Waals surface area contributed by atoms with Crippen LogP contribution in [-0.2, 0) is 24.7 Å². The number of carbonyl (C=O) groups excluding carboxylic acids is 1. The number of ketones is 1. The summed E-state index contributed by atoms with van der Waals surface area (Å²) in [6, 6.07) is 0.657. The zero-order chi connectivity index (χ0) is 13.1. The van der Waals surface area contributed by atoms with E-state index in [1.54, 1.807) is 4.68 Å². The Morgan fingerprint density at radius 3 is 2.83 bits per heavy atom. The van der Waals surface area contributed by atoms with E-state index in [1.165, 1.54) is 12.8 Å². The average Bonchev–Trinajstić information content (AvgIpc) is 3.11. The van der Waals surface area contributed by atoms with E-state index in [-0.39, 0.29) is 5.78 Å². The maximum Gasteiger partial charge on any atom is 0.140 e. The molecule has 0 aromatic carbocycles. The van der Waals surface area contributed by atoms with Crippen LogP contribution in [0, 0.1) is 0 Å². The predicted molar refractivity (Wildman–Crippen MR) is 71.9 cm³/mol. The molecule has 2 rings (SSSR count). The fraction of sp³-hybridized carbons (Fsp3) is 0.692. The molecule has 1 saturated carbocycles. The molecule has 0 amide bonds. The molecule has 1 aromatic rings. The molecule has 0 atom stereocenters. The summed E-state index contributed by atoms with van der Waals surface area (Å²) in [6.07, 6.45) is 4.25. The van der Waals surface area contributed by atoms with Crippen molar-refractivity contribution < 1.29 is 4.79 Å². The van der Waals surface area contributed by atoms with Crippen molar-refractivity contribution in [3.63, 3.8) is 0 Å². The molecular weight excluding hydrogens is 250 g/mol. The summed E-state index contributed by atoms with van der Waals surface area (Å²) < 4.78 is 1.73. The van der Waals surface area contributed by atoms with Gasteiger partial charge in [0.2, 0.25) is 0 Å². The number of nitrogens with one attached hydrogen (secondary N) is 1. The normalized spacial score (nSPS) is 15.1. The molecule has 18 heavy (non-hydrogen) atoms. The van der Waals surface area contributed by atoms with Crippen LogP contribution in [0.2, 0.25) is 5.02 Å². The molecule has 1 aromatic heterocycles. The molecule has 1 fully saturated rings. The van der Waals surface area contributed by atoms with Gasteiger partial charge in [0, 0.05) is 32.5 Å². The minimum absolute atomic E-state index is 0.218. The highest BCUT2D eigenvalue weighted by atomic mass is 35.5. The largest absolute Gasteiger partial charge is 0.314 e. The van der Waals surface area contributed by atoms with Gasteiger partial charge in [0.25, 0.3) is 0 Å². The average molecular weight is 270 g/mol. The lowest BCUT2D eigenvalue weighted by molar-refractivity contribution is -0.118. The quantitative estimate of drug-likeness (QED) is 0.822. The molecule has 0 unspecified atom stereocenters. The van der Waals surface area contributed by atoms with E-state index in [1.807, 2.05) is 14.0 Å². The number of carbonyl (C=O) groups is 1. The van der Waals surface area contributed by atoms with E-state index in [0.29, 0.717) is 23.9 Å². The van der Waals surface area contributed by atoms with Crippen molar-refractivity contribution in [1.29, 1.82) is 0 Å². The first-order chi connectivity index (χ1) is 8.61. The predicted octanol–water partition coefficient (Wildman–Crippen LogP) is 1.89. The zero-order valence-corrected chi connectivity index (χ0v) is 11.8. The Labute approximate surface area is 113 Å². The number of halogens is 1. The maximum atomic E-state index is 11.9. The Morgan fingerprint density at radius 1 is 1.56 bits per heavy atom. The van der Waals surface area contributed by atoms with Gasteiger partial charge in [0.1, 0.15) is 5.78 Å². The summed E-state index contributed by atoms with van der Waals surface area (Å²) in [6.45, 7) is 2.79. The van der Waals surface area contributed by atoms with Gasteiger partial charge in [-0.2, -0.15) is 5.10 Å². The molecule has 0 spiro atoms. The van der Waals surface area contributed by atoms with Crippen molar-refractivity contribution in [2.24, 2.45) is 7.05 Å². The van der Waals surface area contributed by atoms with E-state index in [4.69, 9.17) is 11.6 Å². The molecule has 4 nitrogen and oxygen atoms in total. The summed E-state index contributed by atoms with van der Waals surface area (Å²) in [5.41, 5.74) is 1.71. The summed E-state index contributed by atoms with van der Waals surface area (Å²) in [5, 5.41) is 8.32. The topological polar surface area (TPSA) is 46.9 Å². The van der Waals surface area contributed by atoms with Gasteiger partial charge in [-0.3, -0.25) is 9.48 Å². The van der Waals surface area contributed by atoms with Crippen LogP contribution in [0.4, 0.5) is 0 Å². The number of aromatic nitrogens is 2. The standard InChI is InChI=1S/C13H20ClN3O/c1-3-11-13(14)12(17(2)16-11)8-10(18)6-7-15-9-4-5-9/h9,15H,3-8H2,1-2H3. The highest BCUT2D eigenvalue weighted by Gasteiger charge is 2.21. The van der Waals surface area contributed by atoms with Gasteiger partial charge in [-0.15, -0.1) is 0 Å². The lowest BCUT2D eigenvalue weighted by atomic mass is 10.1. The monoisotopic (exact) mass is 269 g/mol. The van der Waals surface area contributed by atoms with Gasteiger partial charge in [0.15, 0.2) is 0 Å². The number of Topliss-reactive ketones (excluding diaryl/α,β-unsaturated/α-hetero) is 1. The van der Waals surface area contributed by atoms with Crippen LogP contribution in [0.1, 0.15) is 37.6 Å². The van der Waals surface area contributed by atoms with Gasteiger partial charge in [-0.05, 0) is 19.3 Å². The fourth-order valence-corrected chi connectivity index (χ4v) is 2.35. The highest BCUT2D eigenvalue weighted by molar-refractivity contribution is 6.32. The molecule has 100 valence electrons. The van der Waals surface area contributed by atoms with Crippen LogP contribution in [0.25, 0.3) is 0 Å². The van der Waals surface area contributed by atoms with Crippen molar-refractivity contribution in [2.45, 2.75) is 45.1 Å². The Hall–Kier alpha value is -0.870. The summed E-state index contributed by atoms with van der Waals surface area (Å²) in [7, 11) is 1.84. The van der Waals surface area contributed by atoms with Crippen LogP contribution in [0.15, 0.2) is 0 Å². The van der Waals surface area contributed by atoms with E-state index >= 15 is 0 Å². The van der Waals surface area contributed by atoms with Gasteiger partial charge >= 0.3 is 0 Å². The number of nitrogens with zero attached hydrogens (tertiary/aromatic N) is 2. The summed E-state index contributed by atoms with van der Waals surface area (Å²) >= 11 is 6.22. The van der Waals surface area contributed by atoms with Crippen LogP contribution >= 0.6 is 11.6 Å². The second-order valence-electron chi connectivity index (χ2n) is 4.88. The molecule has 1 heterocycles. The Morgan fingerprint density at radius 2 is 2.28 bits per heavy atom. The Kier molecular flexibility index (Phi) is 4.40. The number of rotatable bonds is 7. The van der Waals surface area contributed by atoms with Gasteiger partial charge in [0.05, 0.1) is 16.4 Å². The van der Waals surface area contributed by atoms with Crippen LogP contribution < -0.4 is 5.32 Å². The third-order valence-corrected chi connectivity index (χ3v) is 3.72. The Bertz CT molecular complexity index is 438. The first-order valence-corrected chi connectivity index (χ1v) is 6.95. The first-order valence-electron chi connectivity index (χ1n) is 6.57. The fourth-order valence-electron chi connectivity index (χ4n) is 1.99. The van der Waals surface area contributed by atoms with E-state index in [9.17, 15) is 4.79 Å². The van der Waals surface area contributed by atoms with Crippen LogP contribution in [0.5, 0.6) is 0 Å². The SMILES string of the molecule is CCc1nn(C)c(CC(=O)CCNC2CC2)c1Cl.